The van der Waals surface area contributed by atoms with E-state index in [4.69, 9.17) is 16.6 Å². The van der Waals surface area contributed by atoms with E-state index < -0.39 is 11.8 Å². The highest BCUT2D eigenvalue weighted by molar-refractivity contribution is 7.71. The summed E-state index contributed by atoms with van der Waals surface area (Å²) >= 11 is 4.75. The van der Waals surface area contributed by atoms with Crippen LogP contribution in [0.1, 0.15) is 5.56 Å². The van der Waals surface area contributed by atoms with Crippen LogP contribution in [0, 0.1) is 10.7 Å². The van der Waals surface area contributed by atoms with Gasteiger partial charge in [0.2, 0.25) is 0 Å². The van der Waals surface area contributed by atoms with Gasteiger partial charge in [-0.05, 0) is 18.3 Å². The summed E-state index contributed by atoms with van der Waals surface area (Å²) in [4.78, 5) is 13.8. The van der Waals surface area contributed by atoms with Crippen molar-refractivity contribution in [1.82, 2.24) is 4.98 Å². The number of fused-ring (bicyclic) bond motifs is 1. The molecule has 0 amide bonds. The predicted octanol–water partition coefficient (Wildman–Crippen LogP) is 2.34. The van der Waals surface area contributed by atoms with Crippen molar-refractivity contribution < 1.29 is 18.3 Å². The molecule has 0 aliphatic heterocycles. The molecule has 0 spiro atoms. The quantitative estimate of drug-likeness (QED) is 0.647. The number of carbonyl (C=O) groups is 1. The molecule has 4 nitrogen and oxygen atoms in total. The summed E-state index contributed by atoms with van der Waals surface area (Å²) < 4.78 is 23.3. The van der Waals surface area contributed by atoms with E-state index in [-0.39, 0.29) is 22.4 Å². The van der Waals surface area contributed by atoms with Gasteiger partial charge in [-0.1, -0.05) is 6.07 Å². The highest BCUT2D eigenvalue weighted by Crippen LogP contribution is 2.21. The first-order valence-electron chi connectivity index (χ1n) is 4.49. The van der Waals surface area contributed by atoms with Gasteiger partial charge in [-0.2, -0.15) is 0 Å². The average Bonchev–Trinajstić information content (AvgIpc) is 2.64. The number of esters is 1. The van der Waals surface area contributed by atoms with Crippen LogP contribution < -0.4 is 0 Å². The Balaban J connectivity index is 2.51. The van der Waals surface area contributed by atoms with Crippen molar-refractivity contribution in [2.75, 3.05) is 7.11 Å². The normalized spacial score (nSPS) is 10.6. The fourth-order valence-corrected chi connectivity index (χ4v) is 1.58. The van der Waals surface area contributed by atoms with Crippen LogP contribution in [-0.2, 0) is 16.0 Å². The minimum absolute atomic E-state index is 0.0337. The Labute approximate surface area is 95.0 Å². The molecule has 0 atom stereocenters. The maximum absolute atomic E-state index is 13.8. The van der Waals surface area contributed by atoms with Crippen molar-refractivity contribution >= 4 is 29.3 Å². The smallest absolute Gasteiger partial charge is 0.310 e. The Morgan fingerprint density at radius 3 is 3.06 bits per heavy atom. The summed E-state index contributed by atoms with van der Waals surface area (Å²) in [6.07, 6.45) is -0.133. The molecular formula is C10H8FNO3S. The standard InChI is InChI=1S/C10H8FNO3S/c1-14-7(13)4-5-2-3-6-9(8(5)11)15-10(16)12-6/h2-3H,4H2,1H3,(H,12,16). The molecule has 1 N–H and O–H groups in total. The Morgan fingerprint density at radius 1 is 1.62 bits per heavy atom. The van der Waals surface area contributed by atoms with E-state index >= 15 is 0 Å². The number of aromatic amines is 1. The molecule has 1 aromatic carbocycles. The van der Waals surface area contributed by atoms with E-state index in [2.05, 4.69) is 9.72 Å². The molecule has 0 bridgehead atoms. The molecule has 0 fully saturated rings. The molecule has 0 aliphatic carbocycles. The summed E-state index contributed by atoms with van der Waals surface area (Å²) in [6, 6.07) is 3.10. The molecule has 1 heterocycles. The molecule has 6 heteroatoms. The van der Waals surface area contributed by atoms with Crippen LogP contribution >= 0.6 is 12.2 Å². The van der Waals surface area contributed by atoms with Crippen LogP contribution in [0.25, 0.3) is 11.1 Å². The van der Waals surface area contributed by atoms with E-state index in [9.17, 15) is 9.18 Å². The minimum atomic E-state index is -0.588. The highest BCUT2D eigenvalue weighted by atomic mass is 32.1. The molecule has 2 rings (SSSR count). The van der Waals surface area contributed by atoms with Gasteiger partial charge in [0.1, 0.15) is 0 Å². The summed E-state index contributed by atoms with van der Waals surface area (Å²) in [5, 5.41) is 0. The second-order valence-electron chi connectivity index (χ2n) is 3.18. The Bertz CT molecular complexity index is 602. The summed E-state index contributed by atoms with van der Waals surface area (Å²) in [5.41, 5.74) is 0.722. The third-order valence-corrected chi connectivity index (χ3v) is 2.36. The van der Waals surface area contributed by atoms with Crippen LogP contribution in [0.2, 0.25) is 0 Å². The van der Waals surface area contributed by atoms with Crippen molar-refractivity contribution in [3.05, 3.63) is 28.4 Å². The Hall–Kier alpha value is -1.69. The zero-order valence-electron chi connectivity index (χ0n) is 8.37. The number of oxazole rings is 1. The molecule has 16 heavy (non-hydrogen) atoms. The van der Waals surface area contributed by atoms with E-state index in [1.54, 1.807) is 6.07 Å². The number of H-pyrrole nitrogens is 1. The van der Waals surface area contributed by atoms with Gasteiger partial charge in [0.25, 0.3) is 4.84 Å². The second-order valence-corrected chi connectivity index (χ2v) is 3.55. The van der Waals surface area contributed by atoms with E-state index in [1.807, 2.05) is 0 Å². The molecule has 0 saturated carbocycles. The molecule has 1 aromatic heterocycles. The first-order chi connectivity index (χ1) is 7.61. The summed E-state index contributed by atoms with van der Waals surface area (Å²) in [5.74, 6) is -1.09. The number of benzene rings is 1. The predicted molar refractivity (Wildman–Crippen MR) is 57.1 cm³/mol. The molecule has 0 unspecified atom stereocenters. The number of hydrogen-bond acceptors (Lipinski definition) is 4. The lowest BCUT2D eigenvalue weighted by molar-refractivity contribution is -0.139. The Morgan fingerprint density at radius 2 is 2.38 bits per heavy atom. The van der Waals surface area contributed by atoms with Gasteiger partial charge in [-0.15, -0.1) is 0 Å². The molecule has 0 saturated heterocycles. The van der Waals surface area contributed by atoms with Crippen molar-refractivity contribution in [3.8, 4) is 0 Å². The van der Waals surface area contributed by atoms with Crippen LogP contribution in [0.3, 0.4) is 0 Å². The summed E-state index contributed by atoms with van der Waals surface area (Å²) in [7, 11) is 1.25. The van der Waals surface area contributed by atoms with Crippen LogP contribution in [-0.4, -0.2) is 18.1 Å². The van der Waals surface area contributed by atoms with Gasteiger partial charge < -0.3 is 14.1 Å². The van der Waals surface area contributed by atoms with Crippen molar-refractivity contribution in [2.24, 2.45) is 0 Å². The zero-order valence-corrected chi connectivity index (χ0v) is 9.19. The number of methoxy groups -OCH3 is 1. The van der Waals surface area contributed by atoms with E-state index in [0.717, 1.165) is 0 Å². The number of ether oxygens (including phenoxy) is 1. The van der Waals surface area contributed by atoms with Gasteiger partial charge in [-0.25, -0.2) is 4.39 Å². The fraction of sp³-hybridized carbons (Fsp3) is 0.200. The second kappa shape index (κ2) is 4.05. The lowest BCUT2D eigenvalue weighted by atomic mass is 10.1. The third kappa shape index (κ3) is 1.83. The molecule has 0 aliphatic rings. The van der Waals surface area contributed by atoms with Gasteiger partial charge in [-0.3, -0.25) is 4.79 Å². The molecule has 2 aromatic rings. The highest BCUT2D eigenvalue weighted by Gasteiger charge is 2.14. The SMILES string of the molecule is COC(=O)Cc1ccc2[nH]c(=S)oc2c1F. The molecule has 0 radical (unpaired) electrons. The Kier molecular flexibility index (Phi) is 2.74. The molecule has 84 valence electrons. The number of rotatable bonds is 2. The maximum atomic E-state index is 13.8. The van der Waals surface area contributed by atoms with Crippen LogP contribution in [0.4, 0.5) is 4.39 Å². The monoisotopic (exact) mass is 241 g/mol. The van der Waals surface area contributed by atoms with E-state index in [0.29, 0.717) is 5.52 Å². The number of hydrogen-bond donors (Lipinski definition) is 1. The van der Waals surface area contributed by atoms with Crippen LogP contribution in [0.5, 0.6) is 0 Å². The van der Waals surface area contributed by atoms with Crippen LogP contribution in [0.15, 0.2) is 16.5 Å². The minimum Gasteiger partial charge on any atom is -0.469 e. The lowest BCUT2D eigenvalue weighted by Crippen LogP contribution is -2.06. The topological polar surface area (TPSA) is 55.2 Å². The number of halogens is 1. The van der Waals surface area contributed by atoms with Gasteiger partial charge >= 0.3 is 5.97 Å². The van der Waals surface area contributed by atoms with Gasteiger partial charge in [0, 0.05) is 5.56 Å². The first kappa shape index (κ1) is 10.8. The average molecular weight is 241 g/mol. The fourth-order valence-electron chi connectivity index (χ4n) is 1.39. The van der Waals surface area contributed by atoms with Crippen molar-refractivity contribution in [3.63, 3.8) is 0 Å². The number of aromatic nitrogens is 1. The number of carbonyl (C=O) groups excluding carboxylic acids is 1. The largest absolute Gasteiger partial charge is 0.469 e. The zero-order chi connectivity index (χ0) is 11.7. The van der Waals surface area contributed by atoms with E-state index in [1.165, 1.54) is 13.2 Å². The first-order valence-corrected chi connectivity index (χ1v) is 4.89. The van der Waals surface area contributed by atoms with Crippen molar-refractivity contribution in [2.45, 2.75) is 6.42 Å². The summed E-state index contributed by atoms with van der Waals surface area (Å²) in [6.45, 7) is 0. The maximum Gasteiger partial charge on any atom is 0.310 e. The lowest BCUT2D eigenvalue weighted by Gasteiger charge is -2.01. The van der Waals surface area contributed by atoms with Crippen molar-refractivity contribution in [1.29, 1.82) is 0 Å². The molecular weight excluding hydrogens is 233 g/mol. The van der Waals surface area contributed by atoms with Gasteiger partial charge in [0.05, 0.1) is 19.0 Å². The van der Waals surface area contributed by atoms with Gasteiger partial charge in [0.15, 0.2) is 11.4 Å². The third-order valence-electron chi connectivity index (χ3n) is 2.17. The number of nitrogens with one attached hydrogen (secondary N) is 1.